The van der Waals surface area contributed by atoms with Crippen LogP contribution in [0.15, 0.2) is 18.2 Å². The Balaban J connectivity index is 2.21. The van der Waals surface area contributed by atoms with Crippen molar-refractivity contribution in [3.05, 3.63) is 28.8 Å². The van der Waals surface area contributed by atoms with Crippen molar-refractivity contribution in [3.63, 3.8) is 0 Å². The first-order valence-electron chi connectivity index (χ1n) is 5.49. The fraction of sp³-hybridized carbons (Fsp3) is 0.417. The maximum atomic E-state index is 6.18. The van der Waals surface area contributed by atoms with E-state index in [0.29, 0.717) is 16.1 Å². The van der Waals surface area contributed by atoms with Gasteiger partial charge in [-0.1, -0.05) is 23.8 Å². The van der Waals surface area contributed by atoms with Gasteiger partial charge < -0.3 is 10.6 Å². The molecule has 0 aliphatic carbocycles. The third-order valence-corrected chi connectivity index (χ3v) is 4.76. The Labute approximate surface area is 117 Å². The molecule has 1 saturated heterocycles. The van der Waals surface area contributed by atoms with Gasteiger partial charge in [0.05, 0.1) is 5.02 Å². The van der Waals surface area contributed by atoms with Crippen LogP contribution in [0.3, 0.4) is 0 Å². The van der Waals surface area contributed by atoms with E-state index in [-0.39, 0.29) is 0 Å². The van der Waals surface area contributed by atoms with E-state index in [0.717, 1.165) is 11.3 Å². The average Bonchev–Trinajstić information content (AvgIpc) is 2.80. The Morgan fingerprint density at radius 1 is 1.59 bits per heavy atom. The Bertz CT molecular complexity index is 431. The van der Waals surface area contributed by atoms with Crippen LogP contribution in [0.1, 0.15) is 12.0 Å². The van der Waals surface area contributed by atoms with Gasteiger partial charge in [0.1, 0.15) is 4.99 Å². The molecule has 2 nitrogen and oxygen atoms in total. The van der Waals surface area contributed by atoms with Gasteiger partial charge in [-0.15, -0.1) is 0 Å². The fourth-order valence-corrected chi connectivity index (χ4v) is 3.74. The highest BCUT2D eigenvalue weighted by atomic mass is 35.5. The Morgan fingerprint density at radius 3 is 2.88 bits per heavy atom. The molecule has 92 valence electrons. The van der Waals surface area contributed by atoms with E-state index in [1.807, 2.05) is 30.0 Å². The van der Waals surface area contributed by atoms with Crippen LogP contribution in [0.2, 0.25) is 5.02 Å². The molecule has 0 amide bonds. The van der Waals surface area contributed by atoms with Crippen LogP contribution in [0.5, 0.6) is 0 Å². The molecule has 1 unspecified atom stereocenters. The summed E-state index contributed by atoms with van der Waals surface area (Å²) in [6, 6.07) is 6.48. The first-order valence-corrected chi connectivity index (χ1v) is 7.43. The first-order chi connectivity index (χ1) is 8.09. The van der Waals surface area contributed by atoms with E-state index >= 15 is 0 Å². The molecule has 0 bridgehead atoms. The number of thiocarbonyl (C=S) groups is 1. The summed E-state index contributed by atoms with van der Waals surface area (Å²) in [5.41, 5.74) is 7.47. The minimum atomic E-state index is 0.348. The first kappa shape index (κ1) is 13.0. The standard InChI is InChI=1S/C12H15ClN2S2/c1-15(9-4-5-17-7-9)8-2-3-10(12(14)16)11(13)6-8/h2-3,6,9H,4-5,7H2,1H3,(H2,14,16). The lowest BCUT2D eigenvalue weighted by Crippen LogP contribution is -2.31. The lowest BCUT2D eigenvalue weighted by molar-refractivity contribution is 0.700. The number of hydrogen-bond donors (Lipinski definition) is 1. The van der Waals surface area contributed by atoms with E-state index in [9.17, 15) is 0 Å². The second-order valence-corrected chi connectivity index (χ2v) is 6.15. The third kappa shape index (κ3) is 2.87. The van der Waals surface area contributed by atoms with Crippen molar-refractivity contribution in [3.8, 4) is 0 Å². The lowest BCUT2D eigenvalue weighted by atomic mass is 10.1. The summed E-state index contributed by atoms with van der Waals surface area (Å²) in [6.45, 7) is 0. The number of hydrogen-bond acceptors (Lipinski definition) is 3. The number of nitrogens with zero attached hydrogens (tertiary/aromatic N) is 1. The second kappa shape index (κ2) is 5.46. The molecule has 1 fully saturated rings. The molecule has 0 radical (unpaired) electrons. The molecule has 1 aliphatic rings. The molecular weight excluding hydrogens is 272 g/mol. The summed E-state index contributed by atoms with van der Waals surface area (Å²) < 4.78 is 0. The van der Waals surface area contributed by atoms with E-state index in [4.69, 9.17) is 29.6 Å². The van der Waals surface area contributed by atoms with Gasteiger partial charge >= 0.3 is 0 Å². The van der Waals surface area contributed by atoms with E-state index in [1.165, 1.54) is 17.9 Å². The second-order valence-electron chi connectivity index (χ2n) is 4.16. The van der Waals surface area contributed by atoms with Crippen LogP contribution in [0, 0.1) is 0 Å². The number of halogens is 1. The number of nitrogens with two attached hydrogens (primary N) is 1. The largest absolute Gasteiger partial charge is 0.389 e. The number of anilines is 1. The van der Waals surface area contributed by atoms with Gasteiger partial charge in [0.15, 0.2) is 0 Å². The molecule has 0 saturated carbocycles. The zero-order valence-corrected chi connectivity index (χ0v) is 12.0. The highest BCUT2D eigenvalue weighted by Crippen LogP contribution is 2.28. The van der Waals surface area contributed by atoms with Crippen molar-refractivity contribution in [2.75, 3.05) is 23.5 Å². The molecule has 2 rings (SSSR count). The van der Waals surface area contributed by atoms with Crippen LogP contribution in [-0.4, -0.2) is 29.6 Å². The summed E-state index contributed by atoms with van der Waals surface area (Å²) in [6.07, 6.45) is 1.23. The molecule has 1 aliphatic heterocycles. The molecule has 1 atom stereocenters. The van der Waals surface area contributed by atoms with Gasteiger partial charge in [-0.05, 0) is 30.4 Å². The normalized spacial score (nSPS) is 19.3. The minimum absolute atomic E-state index is 0.348. The highest BCUT2D eigenvalue weighted by Gasteiger charge is 2.20. The fourth-order valence-electron chi connectivity index (χ4n) is 1.96. The summed E-state index contributed by atoms with van der Waals surface area (Å²) in [4.78, 5) is 2.63. The van der Waals surface area contributed by atoms with E-state index in [1.54, 1.807) is 0 Å². The van der Waals surface area contributed by atoms with Gasteiger partial charge in [0.25, 0.3) is 0 Å². The van der Waals surface area contributed by atoms with Crippen molar-refractivity contribution in [1.29, 1.82) is 0 Å². The third-order valence-electron chi connectivity index (χ3n) is 3.08. The Hall–Kier alpha value is -0.450. The number of rotatable bonds is 3. The Morgan fingerprint density at radius 2 is 2.35 bits per heavy atom. The van der Waals surface area contributed by atoms with Gasteiger partial charge in [-0.3, -0.25) is 0 Å². The zero-order chi connectivity index (χ0) is 12.4. The zero-order valence-electron chi connectivity index (χ0n) is 9.65. The predicted molar refractivity (Wildman–Crippen MR) is 81.5 cm³/mol. The van der Waals surface area contributed by atoms with Crippen molar-refractivity contribution < 1.29 is 0 Å². The van der Waals surface area contributed by atoms with Crippen LogP contribution < -0.4 is 10.6 Å². The van der Waals surface area contributed by atoms with Crippen molar-refractivity contribution >= 4 is 46.3 Å². The van der Waals surface area contributed by atoms with Gasteiger partial charge in [0.2, 0.25) is 0 Å². The van der Waals surface area contributed by atoms with Gasteiger partial charge in [-0.25, -0.2) is 0 Å². The molecule has 2 N–H and O–H groups in total. The van der Waals surface area contributed by atoms with Gasteiger partial charge in [-0.2, -0.15) is 11.8 Å². The van der Waals surface area contributed by atoms with Crippen LogP contribution >= 0.6 is 35.6 Å². The molecule has 1 heterocycles. The average molecular weight is 287 g/mol. The molecule has 0 aromatic heterocycles. The Kier molecular flexibility index (Phi) is 4.17. The van der Waals surface area contributed by atoms with E-state index < -0.39 is 0 Å². The monoisotopic (exact) mass is 286 g/mol. The number of benzene rings is 1. The summed E-state index contributed by atoms with van der Waals surface area (Å²) in [5.74, 6) is 2.43. The van der Waals surface area contributed by atoms with Crippen LogP contribution in [-0.2, 0) is 0 Å². The molecule has 5 heteroatoms. The van der Waals surface area contributed by atoms with Crippen LogP contribution in [0.25, 0.3) is 0 Å². The van der Waals surface area contributed by atoms with Crippen molar-refractivity contribution in [1.82, 2.24) is 0 Å². The van der Waals surface area contributed by atoms with Crippen molar-refractivity contribution in [2.45, 2.75) is 12.5 Å². The molecule has 17 heavy (non-hydrogen) atoms. The van der Waals surface area contributed by atoms with E-state index in [2.05, 4.69) is 11.9 Å². The predicted octanol–water partition coefficient (Wildman–Crippen LogP) is 2.92. The van der Waals surface area contributed by atoms with Crippen LogP contribution in [0.4, 0.5) is 5.69 Å². The quantitative estimate of drug-likeness (QED) is 0.865. The smallest absolute Gasteiger partial charge is 0.105 e. The molecule has 1 aromatic rings. The summed E-state index contributed by atoms with van der Waals surface area (Å²) in [5, 5.41) is 0.632. The highest BCUT2D eigenvalue weighted by molar-refractivity contribution is 7.99. The minimum Gasteiger partial charge on any atom is -0.389 e. The van der Waals surface area contributed by atoms with Gasteiger partial charge in [0, 0.05) is 30.1 Å². The maximum absolute atomic E-state index is 6.18. The maximum Gasteiger partial charge on any atom is 0.105 e. The summed E-state index contributed by atoms with van der Waals surface area (Å²) >= 11 is 13.1. The molecule has 1 aromatic carbocycles. The molecular formula is C12H15ClN2S2. The summed E-state index contributed by atoms with van der Waals surface area (Å²) in [7, 11) is 2.11. The SMILES string of the molecule is CN(c1ccc(C(N)=S)c(Cl)c1)C1CCSC1. The lowest BCUT2D eigenvalue weighted by Gasteiger charge is -2.26. The number of thioether (sulfide) groups is 1. The molecule has 0 spiro atoms. The topological polar surface area (TPSA) is 29.3 Å². The van der Waals surface area contributed by atoms with Crippen molar-refractivity contribution in [2.24, 2.45) is 5.73 Å².